The molecule has 0 spiro atoms. The van der Waals surface area contributed by atoms with E-state index in [0.29, 0.717) is 0 Å². The molecule has 0 aliphatic heterocycles. The number of rotatable bonds is 0. The Kier molecular flexibility index (Phi) is 3.69. The molecule has 0 N–H and O–H groups in total. The molecule has 0 radical (unpaired) electrons. The van der Waals surface area contributed by atoms with Crippen molar-refractivity contribution in [1.29, 1.82) is 0 Å². The Bertz CT molecular complexity index is 131. The molecule has 0 saturated carbocycles. The van der Waals surface area contributed by atoms with Crippen LogP contribution in [-0.4, -0.2) is 0 Å². The Morgan fingerprint density at radius 1 is 0.600 bits per heavy atom. The minimum atomic E-state index is 1.23. The van der Waals surface area contributed by atoms with E-state index in [1.807, 2.05) is 0 Å². The van der Waals surface area contributed by atoms with Gasteiger partial charge in [-0.3, -0.25) is 0 Å². The number of allylic oxidation sites excluding steroid dienone is 6. The minimum Gasteiger partial charge on any atom is -0.0845 e. The topological polar surface area (TPSA) is 0 Å². The van der Waals surface area contributed by atoms with Gasteiger partial charge in [-0.25, -0.2) is 0 Å². The molecule has 0 nitrogen and oxygen atoms in total. The Morgan fingerprint density at radius 3 is 1.60 bits per heavy atom. The molecule has 1 rings (SSSR count). The molecule has 0 aromatic rings. The second-order valence-corrected chi connectivity index (χ2v) is 2.53. The molecular formula is C10H14. The van der Waals surface area contributed by atoms with Gasteiger partial charge in [0.25, 0.3) is 0 Å². The van der Waals surface area contributed by atoms with Crippen molar-refractivity contribution in [2.75, 3.05) is 0 Å². The standard InChI is InChI=1S/C10H14/c1-2-4-6-8-10-9-7-5-3-1/h1-6H,7-10H2/b2-1?,5-3+,6-4?. The van der Waals surface area contributed by atoms with Crippen molar-refractivity contribution >= 4 is 0 Å². The summed E-state index contributed by atoms with van der Waals surface area (Å²) in [7, 11) is 0. The third kappa shape index (κ3) is 3.29. The summed E-state index contributed by atoms with van der Waals surface area (Å²) < 4.78 is 0. The molecule has 0 aromatic heterocycles. The smallest absolute Gasteiger partial charge is 0.0347 e. The zero-order valence-electron chi connectivity index (χ0n) is 6.29. The van der Waals surface area contributed by atoms with E-state index >= 15 is 0 Å². The van der Waals surface area contributed by atoms with Crippen molar-refractivity contribution in [1.82, 2.24) is 0 Å². The van der Waals surface area contributed by atoms with Crippen LogP contribution in [0, 0.1) is 0 Å². The van der Waals surface area contributed by atoms with Gasteiger partial charge in [0.1, 0.15) is 0 Å². The summed E-state index contributed by atoms with van der Waals surface area (Å²) in [6, 6.07) is 0. The maximum atomic E-state index is 2.23. The average Bonchev–Trinajstić information content (AvgIpc) is 2.01. The van der Waals surface area contributed by atoms with E-state index < -0.39 is 0 Å². The first-order chi connectivity index (χ1) is 5.00. The van der Waals surface area contributed by atoms with Crippen LogP contribution in [0.2, 0.25) is 0 Å². The third-order valence-electron chi connectivity index (χ3n) is 1.60. The van der Waals surface area contributed by atoms with Crippen molar-refractivity contribution in [2.24, 2.45) is 0 Å². The fraction of sp³-hybridized carbons (Fsp3) is 0.400. The molecule has 0 atom stereocenters. The highest BCUT2D eigenvalue weighted by Gasteiger charge is 1.83. The summed E-state index contributed by atoms with van der Waals surface area (Å²) in [6.45, 7) is 0. The van der Waals surface area contributed by atoms with Crippen LogP contribution in [0.25, 0.3) is 0 Å². The summed E-state index contributed by atoms with van der Waals surface area (Å²) in [6.07, 6.45) is 18.0. The molecule has 0 heteroatoms. The zero-order valence-corrected chi connectivity index (χ0v) is 6.29. The Labute approximate surface area is 62.9 Å². The number of hydrogen-bond donors (Lipinski definition) is 0. The molecule has 1 aliphatic rings. The molecule has 0 aromatic carbocycles. The molecule has 0 unspecified atom stereocenters. The highest BCUT2D eigenvalue weighted by molar-refractivity contribution is 5.11. The normalized spacial score (nSPS) is 22.4. The highest BCUT2D eigenvalue weighted by atomic mass is 13.9. The molecule has 0 fully saturated rings. The van der Waals surface area contributed by atoms with Crippen molar-refractivity contribution in [3.05, 3.63) is 36.5 Å². The number of hydrogen-bond acceptors (Lipinski definition) is 0. The van der Waals surface area contributed by atoms with Gasteiger partial charge >= 0.3 is 0 Å². The minimum absolute atomic E-state index is 1.23. The van der Waals surface area contributed by atoms with Gasteiger partial charge in [-0.2, -0.15) is 0 Å². The van der Waals surface area contributed by atoms with Crippen molar-refractivity contribution in [3.63, 3.8) is 0 Å². The van der Waals surface area contributed by atoms with Gasteiger partial charge in [-0.05, 0) is 25.7 Å². The second kappa shape index (κ2) is 5.04. The summed E-state index contributed by atoms with van der Waals surface area (Å²) in [5.41, 5.74) is 0. The van der Waals surface area contributed by atoms with Crippen LogP contribution in [0.3, 0.4) is 0 Å². The van der Waals surface area contributed by atoms with Crippen LogP contribution in [0.15, 0.2) is 36.5 Å². The van der Waals surface area contributed by atoms with E-state index in [2.05, 4.69) is 36.5 Å². The SMILES string of the molecule is C1=C/C=C/CCCCC=C1. The molecular weight excluding hydrogens is 120 g/mol. The van der Waals surface area contributed by atoms with Gasteiger partial charge in [-0.15, -0.1) is 0 Å². The lowest BCUT2D eigenvalue weighted by atomic mass is 10.1. The third-order valence-corrected chi connectivity index (χ3v) is 1.60. The van der Waals surface area contributed by atoms with E-state index in [9.17, 15) is 0 Å². The zero-order chi connectivity index (χ0) is 7.07. The van der Waals surface area contributed by atoms with Gasteiger partial charge in [0.2, 0.25) is 0 Å². The second-order valence-electron chi connectivity index (χ2n) is 2.53. The molecule has 0 saturated heterocycles. The first-order valence-corrected chi connectivity index (χ1v) is 3.98. The fourth-order valence-corrected chi connectivity index (χ4v) is 1.00. The summed E-state index contributed by atoms with van der Waals surface area (Å²) in [5.74, 6) is 0. The predicted octanol–water partition coefficient (Wildman–Crippen LogP) is 3.23. The van der Waals surface area contributed by atoms with E-state index in [-0.39, 0.29) is 0 Å². The van der Waals surface area contributed by atoms with E-state index in [1.165, 1.54) is 25.7 Å². The van der Waals surface area contributed by atoms with Crippen LogP contribution in [0.5, 0.6) is 0 Å². The molecule has 1 aliphatic carbocycles. The van der Waals surface area contributed by atoms with Crippen LogP contribution in [0.4, 0.5) is 0 Å². The lowest BCUT2D eigenvalue weighted by molar-refractivity contribution is 0.762. The van der Waals surface area contributed by atoms with Crippen LogP contribution >= 0.6 is 0 Å². The predicted molar refractivity (Wildman–Crippen MR) is 45.9 cm³/mol. The van der Waals surface area contributed by atoms with E-state index in [4.69, 9.17) is 0 Å². The van der Waals surface area contributed by atoms with Gasteiger partial charge < -0.3 is 0 Å². The summed E-state index contributed by atoms with van der Waals surface area (Å²) in [5, 5.41) is 0. The van der Waals surface area contributed by atoms with Crippen LogP contribution in [-0.2, 0) is 0 Å². The molecule has 0 bridgehead atoms. The van der Waals surface area contributed by atoms with E-state index in [1.54, 1.807) is 0 Å². The monoisotopic (exact) mass is 134 g/mol. The Morgan fingerprint density at radius 2 is 1.10 bits per heavy atom. The van der Waals surface area contributed by atoms with Crippen molar-refractivity contribution in [3.8, 4) is 0 Å². The maximum Gasteiger partial charge on any atom is -0.0347 e. The maximum absolute atomic E-state index is 2.23. The van der Waals surface area contributed by atoms with Crippen molar-refractivity contribution in [2.45, 2.75) is 25.7 Å². The molecule has 0 heterocycles. The van der Waals surface area contributed by atoms with Crippen molar-refractivity contribution < 1.29 is 0 Å². The lowest BCUT2D eigenvalue weighted by Crippen LogP contribution is -1.72. The van der Waals surface area contributed by atoms with Gasteiger partial charge in [0.05, 0.1) is 0 Å². The van der Waals surface area contributed by atoms with Crippen LogP contribution < -0.4 is 0 Å². The first kappa shape index (κ1) is 7.33. The Hall–Kier alpha value is -0.780. The quantitative estimate of drug-likeness (QED) is 0.477. The summed E-state index contributed by atoms with van der Waals surface area (Å²) in [4.78, 5) is 0. The fourth-order valence-electron chi connectivity index (χ4n) is 1.00. The largest absolute Gasteiger partial charge is 0.0845 e. The summed E-state index contributed by atoms with van der Waals surface area (Å²) >= 11 is 0. The molecule has 0 amide bonds. The first-order valence-electron chi connectivity index (χ1n) is 3.98. The Balaban J connectivity index is 2.40. The lowest BCUT2D eigenvalue weighted by Gasteiger charge is -1.92. The van der Waals surface area contributed by atoms with Gasteiger partial charge in [-0.1, -0.05) is 36.5 Å². The highest BCUT2D eigenvalue weighted by Crippen LogP contribution is 2.03. The van der Waals surface area contributed by atoms with Gasteiger partial charge in [0, 0.05) is 0 Å². The van der Waals surface area contributed by atoms with E-state index in [0.717, 1.165) is 0 Å². The van der Waals surface area contributed by atoms with Gasteiger partial charge in [0.15, 0.2) is 0 Å². The average molecular weight is 134 g/mol. The molecule has 54 valence electrons. The molecule has 10 heavy (non-hydrogen) atoms. The van der Waals surface area contributed by atoms with Crippen LogP contribution in [0.1, 0.15) is 25.7 Å².